The fourth-order valence-electron chi connectivity index (χ4n) is 3.38. The predicted octanol–water partition coefficient (Wildman–Crippen LogP) is 3.62. The van der Waals surface area contributed by atoms with Crippen molar-refractivity contribution in [2.24, 2.45) is 0 Å². The molecule has 0 unspecified atom stereocenters. The first-order valence-corrected chi connectivity index (χ1v) is 11.1. The van der Waals surface area contributed by atoms with E-state index in [0.717, 1.165) is 0 Å². The van der Waals surface area contributed by atoms with Gasteiger partial charge in [-0.2, -0.15) is 0 Å². The van der Waals surface area contributed by atoms with Crippen LogP contribution in [0.3, 0.4) is 0 Å². The molecule has 0 spiro atoms. The number of fused-ring (bicyclic) bond motifs is 1. The summed E-state index contributed by atoms with van der Waals surface area (Å²) in [5, 5.41) is 10.8. The van der Waals surface area contributed by atoms with Gasteiger partial charge in [0.15, 0.2) is 0 Å². The minimum absolute atomic E-state index is 0.0483. The second kappa shape index (κ2) is 7.65. The third-order valence-corrected chi connectivity index (χ3v) is 6.19. The van der Waals surface area contributed by atoms with Crippen molar-refractivity contribution in [3.05, 3.63) is 99.0 Å². The quantitative estimate of drug-likeness (QED) is 0.465. The lowest BCUT2D eigenvalue weighted by molar-refractivity contribution is -0.384. The van der Waals surface area contributed by atoms with E-state index in [-0.39, 0.29) is 21.8 Å². The largest absolute Gasteiger partial charge is 0.483 e. The maximum absolute atomic E-state index is 13.0. The van der Waals surface area contributed by atoms with Gasteiger partial charge in [-0.25, -0.2) is 8.42 Å². The van der Waals surface area contributed by atoms with Crippen molar-refractivity contribution in [3.63, 3.8) is 0 Å². The van der Waals surface area contributed by atoms with E-state index in [0.29, 0.717) is 17.0 Å². The summed E-state index contributed by atoms with van der Waals surface area (Å²) < 4.78 is 35.7. The standard InChI is InChI=1S/C22H19N3O6S/c1-22(2)14-19(24-12-4-3-5-21(24)26)18-13-17(10-11-20(18)31-22)32(29,30)23-15-6-8-16(9-7-15)25(27)28/h3-14,23H,1-2H3. The summed E-state index contributed by atoms with van der Waals surface area (Å²) >= 11 is 0. The maximum atomic E-state index is 13.0. The smallest absolute Gasteiger partial charge is 0.269 e. The van der Waals surface area contributed by atoms with Crippen LogP contribution in [0.5, 0.6) is 5.75 Å². The molecule has 0 radical (unpaired) electrons. The molecule has 1 aliphatic rings. The van der Waals surface area contributed by atoms with Gasteiger partial charge >= 0.3 is 0 Å². The summed E-state index contributed by atoms with van der Waals surface area (Å²) in [6, 6.07) is 14.2. The Balaban J connectivity index is 1.75. The Morgan fingerprint density at radius 1 is 1.06 bits per heavy atom. The Kier molecular flexibility index (Phi) is 5.09. The maximum Gasteiger partial charge on any atom is 0.269 e. The molecule has 0 saturated carbocycles. The van der Waals surface area contributed by atoms with E-state index in [1.54, 1.807) is 30.5 Å². The third-order valence-electron chi connectivity index (χ3n) is 4.81. The molecular weight excluding hydrogens is 434 g/mol. The van der Waals surface area contributed by atoms with E-state index in [1.807, 2.05) is 13.8 Å². The molecule has 10 heteroatoms. The van der Waals surface area contributed by atoms with Gasteiger partial charge in [-0.15, -0.1) is 0 Å². The van der Waals surface area contributed by atoms with Gasteiger partial charge in [0.1, 0.15) is 11.4 Å². The first-order chi connectivity index (χ1) is 15.1. The van der Waals surface area contributed by atoms with Gasteiger partial charge in [0.25, 0.3) is 21.3 Å². The van der Waals surface area contributed by atoms with Crippen molar-refractivity contribution in [3.8, 4) is 5.75 Å². The molecule has 0 bridgehead atoms. The number of nitrogens with zero attached hydrogens (tertiary/aromatic N) is 2. The number of pyridine rings is 1. The number of aromatic nitrogens is 1. The van der Waals surface area contributed by atoms with Gasteiger partial charge in [0, 0.05) is 35.6 Å². The van der Waals surface area contributed by atoms with Gasteiger partial charge in [0.05, 0.1) is 15.5 Å². The van der Waals surface area contributed by atoms with E-state index in [2.05, 4.69) is 4.72 Å². The van der Waals surface area contributed by atoms with Crippen molar-refractivity contribution >= 4 is 27.1 Å². The second-order valence-corrected chi connectivity index (χ2v) is 9.39. The molecule has 0 atom stereocenters. The number of nitrogens with one attached hydrogen (secondary N) is 1. The highest BCUT2D eigenvalue weighted by molar-refractivity contribution is 7.92. The van der Waals surface area contributed by atoms with Gasteiger partial charge in [-0.3, -0.25) is 24.2 Å². The highest BCUT2D eigenvalue weighted by atomic mass is 32.2. The van der Waals surface area contributed by atoms with E-state index in [9.17, 15) is 23.3 Å². The Morgan fingerprint density at radius 2 is 1.78 bits per heavy atom. The van der Waals surface area contributed by atoms with Crippen molar-refractivity contribution in [1.29, 1.82) is 0 Å². The lowest BCUT2D eigenvalue weighted by atomic mass is 9.99. The summed E-state index contributed by atoms with van der Waals surface area (Å²) in [5.41, 5.74) is 0.0121. The lowest BCUT2D eigenvalue weighted by Gasteiger charge is -2.31. The normalized spacial score (nSPS) is 14.6. The van der Waals surface area contributed by atoms with Crippen LogP contribution in [-0.4, -0.2) is 23.5 Å². The highest BCUT2D eigenvalue weighted by Gasteiger charge is 2.29. The molecule has 3 aromatic rings. The molecule has 32 heavy (non-hydrogen) atoms. The lowest BCUT2D eigenvalue weighted by Crippen LogP contribution is -2.32. The first kappa shape index (κ1) is 21.3. The van der Waals surface area contributed by atoms with Crippen LogP contribution in [0.1, 0.15) is 19.4 Å². The number of hydrogen-bond acceptors (Lipinski definition) is 6. The van der Waals surface area contributed by atoms with Crippen LogP contribution in [0, 0.1) is 10.1 Å². The van der Waals surface area contributed by atoms with Crippen LogP contribution < -0.4 is 15.0 Å². The average Bonchev–Trinajstić information content (AvgIpc) is 2.72. The van der Waals surface area contributed by atoms with Crippen molar-refractivity contribution in [2.75, 3.05) is 4.72 Å². The molecular formula is C22H19N3O6S. The molecule has 9 nitrogen and oxygen atoms in total. The fraction of sp³-hybridized carbons (Fsp3) is 0.136. The third kappa shape index (κ3) is 4.12. The number of sulfonamides is 1. The monoisotopic (exact) mass is 453 g/mol. The number of nitro benzene ring substituents is 1. The van der Waals surface area contributed by atoms with Gasteiger partial charge < -0.3 is 4.74 Å². The summed E-state index contributed by atoms with van der Waals surface area (Å²) in [5.74, 6) is 0.442. The van der Waals surface area contributed by atoms with Crippen LogP contribution in [0.25, 0.3) is 5.70 Å². The number of rotatable bonds is 5. The molecule has 2 aromatic carbocycles. The van der Waals surface area contributed by atoms with Gasteiger partial charge in [-0.1, -0.05) is 6.07 Å². The van der Waals surface area contributed by atoms with Gasteiger partial charge in [-0.05, 0) is 56.3 Å². The number of anilines is 1. The summed E-state index contributed by atoms with van der Waals surface area (Å²) in [4.78, 5) is 22.6. The highest BCUT2D eigenvalue weighted by Crippen LogP contribution is 2.37. The molecule has 2 heterocycles. The summed E-state index contributed by atoms with van der Waals surface area (Å²) in [7, 11) is -4.01. The average molecular weight is 453 g/mol. The molecule has 0 amide bonds. The number of ether oxygens (including phenoxy) is 1. The minimum atomic E-state index is -4.01. The molecule has 4 rings (SSSR count). The van der Waals surface area contributed by atoms with Crippen LogP contribution in [0.4, 0.5) is 11.4 Å². The Hall–Kier alpha value is -3.92. The molecule has 164 valence electrons. The first-order valence-electron chi connectivity index (χ1n) is 9.57. The summed E-state index contributed by atoms with van der Waals surface area (Å²) in [6.45, 7) is 3.68. The van der Waals surface area contributed by atoms with E-state index >= 15 is 0 Å². The molecule has 1 aromatic heterocycles. The van der Waals surface area contributed by atoms with Crippen LogP contribution in [0.2, 0.25) is 0 Å². The minimum Gasteiger partial charge on any atom is -0.483 e. The molecule has 1 aliphatic heterocycles. The zero-order valence-electron chi connectivity index (χ0n) is 17.2. The van der Waals surface area contributed by atoms with Gasteiger partial charge in [0.2, 0.25) is 0 Å². The summed E-state index contributed by atoms with van der Waals surface area (Å²) in [6.07, 6.45) is 3.37. The Morgan fingerprint density at radius 3 is 2.44 bits per heavy atom. The molecule has 0 fully saturated rings. The van der Waals surface area contributed by atoms with Crippen molar-refractivity contribution in [2.45, 2.75) is 24.3 Å². The molecule has 1 N–H and O–H groups in total. The SMILES string of the molecule is CC1(C)C=C(n2ccccc2=O)c2cc(S(=O)(=O)Nc3ccc([N+](=O)[O-])cc3)ccc2O1. The number of nitro groups is 1. The van der Waals surface area contributed by atoms with Crippen LogP contribution in [0.15, 0.2) is 82.6 Å². The van der Waals surface area contributed by atoms with Crippen molar-refractivity contribution in [1.82, 2.24) is 4.57 Å². The Labute approximate surface area is 183 Å². The fourth-order valence-corrected chi connectivity index (χ4v) is 4.46. The second-order valence-electron chi connectivity index (χ2n) is 7.71. The predicted molar refractivity (Wildman–Crippen MR) is 119 cm³/mol. The Bertz CT molecular complexity index is 1410. The van der Waals surface area contributed by atoms with Crippen LogP contribution in [-0.2, 0) is 10.0 Å². The van der Waals surface area contributed by atoms with E-state index < -0.39 is 20.5 Å². The van der Waals surface area contributed by atoms with Crippen LogP contribution >= 0.6 is 0 Å². The zero-order valence-corrected chi connectivity index (χ0v) is 18.0. The van der Waals surface area contributed by atoms with E-state index in [4.69, 9.17) is 4.74 Å². The number of hydrogen-bond donors (Lipinski definition) is 1. The molecule has 0 saturated heterocycles. The molecule has 0 aliphatic carbocycles. The van der Waals surface area contributed by atoms with E-state index in [1.165, 1.54) is 47.0 Å². The number of benzene rings is 2. The zero-order chi connectivity index (χ0) is 23.1. The topological polar surface area (TPSA) is 121 Å². The number of non-ortho nitro benzene ring substituents is 1. The van der Waals surface area contributed by atoms with Crippen molar-refractivity contribution < 1.29 is 18.1 Å².